The second kappa shape index (κ2) is 11.6. The molecule has 0 aliphatic rings. The summed E-state index contributed by atoms with van der Waals surface area (Å²) in [6, 6.07) is 11.9. The smallest absolute Gasteiger partial charge is 0.247 e. The molecule has 0 bridgehead atoms. The fourth-order valence-corrected chi connectivity index (χ4v) is 3.63. The number of hydrogen-bond donors (Lipinski definition) is 3. The van der Waals surface area contributed by atoms with Gasteiger partial charge in [-0.15, -0.1) is 0 Å². The average Bonchev–Trinajstić information content (AvgIpc) is 3.33. The number of halogens is 1. The normalized spacial score (nSPS) is 10.9. The molecule has 0 aliphatic carbocycles. The number of amides is 1. The van der Waals surface area contributed by atoms with E-state index in [0.29, 0.717) is 28.7 Å². The van der Waals surface area contributed by atoms with Gasteiger partial charge in [-0.2, -0.15) is 10.1 Å². The largest absolute Gasteiger partial charge is 0.337 e. The maximum absolute atomic E-state index is 14.8. The predicted molar refractivity (Wildman–Crippen MR) is 151 cm³/mol. The molecule has 2 heterocycles. The van der Waals surface area contributed by atoms with E-state index in [1.807, 2.05) is 30.3 Å². The van der Waals surface area contributed by atoms with Crippen LogP contribution in [-0.4, -0.2) is 25.7 Å². The standard InChI is InChI=1S/C29H26FN7O/c1-5-8-19(6-2)20-9-11-21(12-10-20)24-17-31-29(34-23-16-32-37(4)18-23)36-28(24)35-26-15-22(13-14-25(26)30)33-27(38)7-3/h5-18H,1-3H2,4H3,(H,33,38)(H2,31,34,35,36)/b19-8+. The van der Waals surface area contributed by atoms with Crippen LogP contribution >= 0.6 is 0 Å². The number of allylic oxidation sites excluding steroid dienone is 4. The van der Waals surface area contributed by atoms with Gasteiger partial charge in [0.25, 0.3) is 0 Å². The van der Waals surface area contributed by atoms with Crippen LogP contribution in [0.5, 0.6) is 0 Å². The van der Waals surface area contributed by atoms with Crippen LogP contribution in [-0.2, 0) is 11.8 Å². The fourth-order valence-electron chi connectivity index (χ4n) is 3.63. The minimum atomic E-state index is -0.520. The molecule has 2 aromatic heterocycles. The Bertz CT molecular complexity index is 1540. The summed E-state index contributed by atoms with van der Waals surface area (Å²) < 4.78 is 16.5. The Morgan fingerprint density at radius 1 is 1.00 bits per heavy atom. The van der Waals surface area contributed by atoms with Crippen molar-refractivity contribution in [2.45, 2.75) is 0 Å². The first-order valence-electron chi connectivity index (χ1n) is 11.6. The van der Waals surface area contributed by atoms with E-state index in [2.05, 4.69) is 50.8 Å². The van der Waals surface area contributed by atoms with Gasteiger partial charge in [0.05, 0.1) is 17.6 Å². The molecule has 4 rings (SSSR count). The zero-order valence-corrected chi connectivity index (χ0v) is 20.8. The summed E-state index contributed by atoms with van der Waals surface area (Å²) in [6.07, 6.45) is 11.5. The topological polar surface area (TPSA) is 96.8 Å². The summed E-state index contributed by atoms with van der Waals surface area (Å²) in [5.41, 5.74) is 4.56. The number of aromatic nitrogens is 4. The molecule has 0 saturated heterocycles. The van der Waals surface area contributed by atoms with Crippen molar-refractivity contribution < 1.29 is 9.18 Å². The molecule has 3 N–H and O–H groups in total. The van der Waals surface area contributed by atoms with Crippen LogP contribution in [0.3, 0.4) is 0 Å². The first-order chi connectivity index (χ1) is 18.4. The minimum absolute atomic E-state index is 0.124. The molecule has 4 aromatic rings. The van der Waals surface area contributed by atoms with Crippen molar-refractivity contribution in [3.8, 4) is 11.1 Å². The minimum Gasteiger partial charge on any atom is -0.337 e. The van der Waals surface area contributed by atoms with Gasteiger partial charge in [0.1, 0.15) is 11.6 Å². The van der Waals surface area contributed by atoms with Crippen LogP contribution in [0.15, 0.2) is 105 Å². The molecule has 0 radical (unpaired) electrons. The maximum Gasteiger partial charge on any atom is 0.247 e. The highest BCUT2D eigenvalue weighted by Gasteiger charge is 2.14. The van der Waals surface area contributed by atoms with Crippen LogP contribution in [0.25, 0.3) is 16.7 Å². The van der Waals surface area contributed by atoms with Crippen molar-refractivity contribution in [2.75, 3.05) is 16.0 Å². The highest BCUT2D eigenvalue weighted by atomic mass is 19.1. The van der Waals surface area contributed by atoms with Crippen LogP contribution < -0.4 is 16.0 Å². The molecule has 2 aromatic carbocycles. The zero-order valence-electron chi connectivity index (χ0n) is 20.8. The predicted octanol–water partition coefficient (Wildman–Crippen LogP) is 6.38. The van der Waals surface area contributed by atoms with E-state index < -0.39 is 11.7 Å². The van der Waals surface area contributed by atoms with E-state index in [4.69, 9.17) is 0 Å². The molecule has 0 aliphatic heterocycles. The number of nitrogens with zero attached hydrogens (tertiary/aromatic N) is 4. The lowest BCUT2D eigenvalue weighted by molar-refractivity contribution is -0.111. The molecular formula is C29H26FN7O. The molecule has 190 valence electrons. The Balaban J connectivity index is 1.74. The Morgan fingerprint density at radius 3 is 2.45 bits per heavy atom. The fraction of sp³-hybridized carbons (Fsp3) is 0.0345. The van der Waals surface area contributed by atoms with E-state index >= 15 is 0 Å². The van der Waals surface area contributed by atoms with E-state index in [0.717, 1.165) is 22.8 Å². The van der Waals surface area contributed by atoms with Crippen molar-refractivity contribution in [2.24, 2.45) is 7.05 Å². The van der Waals surface area contributed by atoms with Crippen molar-refractivity contribution in [1.82, 2.24) is 19.7 Å². The zero-order chi connectivity index (χ0) is 27.1. The monoisotopic (exact) mass is 507 g/mol. The van der Waals surface area contributed by atoms with Gasteiger partial charge in [0.15, 0.2) is 0 Å². The SMILES string of the molecule is C=C/C=C(\C=C)c1ccc(-c2cnc(Nc3cnn(C)c3)nc2Nc2cc(NC(=O)C=C)ccc2F)cc1. The van der Waals surface area contributed by atoms with Crippen molar-refractivity contribution >= 4 is 40.3 Å². The molecule has 9 heteroatoms. The van der Waals surface area contributed by atoms with Gasteiger partial charge in [0.2, 0.25) is 11.9 Å². The number of hydrogen-bond acceptors (Lipinski definition) is 6. The lowest BCUT2D eigenvalue weighted by Gasteiger charge is -2.15. The molecule has 1 amide bonds. The Kier molecular flexibility index (Phi) is 7.88. The third kappa shape index (κ3) is 6.08. The third-order valence-corrected chi connectivity index (χ3v) is 5.47. The second-order valence-electron chi connectivity index (χ2n) is 8.14. The van der Waals surface area contributed by atoms with Gasteiger partial charge in [-0.25, -0.2) is 9.37 Å². The number of anilines is 5. The van der Waals surface area contributed by atoms with Crippen LogP contribution in [0.1, 0.15) is 5.56 Å². The first kappa shape index (κ1) is 25.8. The van der Waals surface area contributed by atoms with Crippen molar-refractivity contribution in [3.63, 3.8) is 0 Å². The summed E-state index contributed by atoms with van der Waals surface area (Å²) in [7, 11) is 1.80. The number of carbonyl (C=O) groups excluding carboxylic acids is 1. The Hall–Kier alpha value is -5.31. The van der Waals surface area contributed by atoms with Gasteiger partial charge < -0.3 is 16.0 Å². The van der Waals surface area contributed by atoms with Gasteiger partial charge in [0, 0.05) is 30.7 Å². The number of carbonyl (C=O) groups is 1. The van der Waals surface area contributed by atoms with Gasteiger partial charge in [-0.1, -0.05) is 62.2 Å². The summed E-state index contributed by atoms with van der Waals surface area (Å²) in [5, 5.41) is 12.9. The van der Waals surface area contributed by atoms with E-state index in [-0.39, 0.29) is 5.69 Å². The van der Waals surface area contributed by atoms with Crippen LogP contribution in [0, 0.1) is 5.82 Å². The molecule has 0 spiro atoms. The van der Waals surface area contributed by atoms with Crippen molar-refractivity contribution in [1.29, 1.82) is 0 Å². The van der Waals surface area contributed by atoms with Gasteiger partial charge >= 0.3 is 0 Å². The molecule has 0 saturated carbocycles. The van der Waals surface area contributed by atoms with Crippen molar-refractivity contribution in [3.05, 3.63) is 116 Å². The summed E-state index contributed by atoms with van der Waals surface area (Å²) >= 11 is 0. The summed E-state index contributed by atoms with van der Waals surface area (Å²) in [6.45, 7) is 11.0. The molecule has 38 heavy (non-hydrogen) atoms. The second-order valence-corrected chi connectivity index (χ2v) is 8.14. The number of rotatable bonds is 10. The van der Waals surface area contributed by atoms with E-state index in [9.17, 15) is 9.18 Å². The number of benzene rings is 2. The lowest BCUT2D eigenvalue weighted by Crippen LogP contribution is -2.08. The highest BCUT2D eigenvalue weighted by molar-refractivity contribution is 5.99. The summed E-state index contributed by atoms with van der Waals surface area (Å²) in [4.78, 5) is 20.8. The molecule has 0 atom stereocenters. The third-order valence-electron chi connectivity index (χ3n) is 5.47. The highest BCUT2D eigenvalue weighted by Crippen LogP contribution is 2.32. The van der Waals surface area contributed by atoms with Gasteiger partial charge in [-0.3, -0.25) is 9.48 Å². The Morgan fingerprint density at radius 2 is 1.79 bits per heavy atom. The van der Waals surface area contributed by atoms with Gasteiger partial charge in [-0.05, 0) is 41.0 Å². The molecule has 8 nitrogen and oxygen atoms in total. The molecule has 0 fully saturated rings. The molecule has 0 unspecified atom stereocenters. The summed E-state index contributed by atoms with van der Waals surface area (Å²) in [5.74, 6) is -0.276. The lowest BCUT2D eigenvalue weighted by atomic mass is 10.0. The maximum atomic E-state index is 14.8. The quantitative estimate of drug-likeness (QED) is 0.170. The first-order valence-corrected chi connectivity index (χ1v) is 11.6. The van der Waals surface area contributed by atoms with E-state index in [1.165, 1.54) is 18.2 Å². The van der Waals surface area contributed by atoms with E-state index in [1.54, 1.807) is 42.5 Å². The Labute approximate surface area is 220 Å². The van der Waals surface area contributed by atoms with Crippen LogP contribution in [0.2, 0.25) is 0 Å². The number of nitrogens with one attached hydrogen (secondary N) is 3. The number of aryl methyl sites for hydroxylation is 1. The average molecular weight is 508 g/mol. The van der Waals surface area contributed by atoms with Crippen LogP contribution in [0.4, 0.5) is 33.2 Å². The molecular weight excluding hydrogens is 481 g/mol.